The first-order valence-electron chi connectivity index (χ1n) is 8.67. The molecule has 1 unspecified atom stereocenters. The highest BCUT2D eigenvalue weighted by Crippen LogP contribution is 2.42. The van der Waals surface area contributed by atoms with Crippen LogP contribution in [0.4, 0.5) is 0 Å². The zero-order valence-electron chi connectivity index (χ0n) is 15.3. The largest absolute Gasteiger partial charge is 0.326 e. The van der Waals surface area contributed by atoms with Crippen molar-refractivity contribution in [2.45, 2.75) is 24.3 Å². The number of halogens is 1. The Bertz CT molecular complexity index is 1160. The van der Waals surface area contributed by atoms with E-state index in [0.29, 0.717) is 11.1 Å². The highest BCUT2D eigenvalue weighted by atomic mass is 35.5. The second-order valence-corrected chi connectivity index (χ2v) is 9.51. The molecule has 144 valence electrons. The molecule has 2 aromatic rings. The molecule has 1 saturated heterocycles. The van der Waals surface area contributed by atoms with Crippen molar-refractivity contribution in [3.63, 3.8) is 0 Å². The SMILES string of the molecule is Cc1cc2c(cn1)C(=O)N1CCN(S(=O)(=O)c3ccc(C#N)cc3Cl)CC21C. The first-order chi connectivity index (χ1) is 13.2. The van der Waals surface area contributed by atoms with Crippen LogP contribution in [-0.4, -0.2) is 48.1 Å². The molecule has 1 aromatic heterocycles. The van der Waals surface area contributed by atoms with E-state index in [0.717, 1.165) is 11.3 Å². The standard InChI is InChI=1S/C19H17ClN4O3S/c1-12-7-15-14(10-22-12)18(25)24-6-5-23(11-19(15,24)2)28(26,27)17-4-3-13(9-21)8-16(17)20/h3-4,7-8,10H,5-6,11H2,1-2H3. The molecule has 0 N–H and O–H groups in total. The summed E-state index contributed by atoms with van der Waals surface area (Å²) in [5.74, 6) is -0.126. The highest BCUT2D eigenvalue weighted by molar-refractivity contribution is 7.89. The summed E-state index contributed by atoms with van der Waals surface area (Å²) in [6.07, 6.45) is 1.56. The first kappa shape index (κ1) is 18.9. The number of amides is 1. The topological polar surface area (TPSA) is 94.4 Å². The summed E-state index contributed by atoms with van der Waals surface area (Å²) in [6.45, 7) is 4.27. The van der Waals surface area contributed by atoms with Crippen molar-refractivity contribution in [1.82, 2.24) is 14.2 Å². The molecule has 3 heterocycles. The lowest BCUT2D eigenvalue weighted by atomic mass is 9.90. The van der Waals surface area contributed by atoms with Gasteiger partial charge in [0.2, 0.25) is 10.0 Å². The summed E-state index contributed by atoms with van der Waals surface area (Å²) in [5.41, 5.74) is 1.59. The number of pyridine rings is 1. The van der Waals surface area contributed by atoms with Gasteiger partial charge in [0, 0.05) is 31.5 Å². The number of piperazine rings is 1. The molecule has 0 saturated carbocycles. The van der Waals surface area contributed by atoms with Gasteiger partial charge in [-0.3, -0.25) is 9.78 Å². The quantitative estimate of drug-likeness (QED) is 0.748. The molecule has 0 spiro atoms. The highest BCUT2D eigenvalue weighted by Gasteiger charge is 2.51. The molecule has 9 heteroatoms. The Hall–Kier alpha value is -2.47. The number of nitrogens with zero attached hydrogens (tertiary/aromatic N) is 4. The Morgan fingerprint density at radius 2 is 2.04 bits per heavy atom. The lowest BCUT2D eigenvalue weighted by Gasteiger charge is -2.44. The van der Waals surface area contributed by atoms with Crippen molar-refractivity contribution in [3.8, 4) is 6.07 Å². The van der Waals surface area contributed by atoms with E-state index < -0.39 is 15.6 Å². The Kier molecular flexibility index (Phi) is 4.23. The van der Waals surface area contributed by atoms with Crippen molar-refractivity contribution >= 4 is 27.5 Å². The maximum absolute atomic E-state index is 13.2. The number of nitriles is 1. The number of sulfonamides is 1. The molecular weight excluding hydrogens is 400 g/mol. The fraction of sp³-hybridized carbons (Fsp3) is 0.316. The fourth-order valence-electron chi connectivity index (χ4n) is 3.97. The van der Waals surface area contributed by atoms with E-state index in [2.05, 4.69) is 4.98 Å². The minimum absolute atomic E-state index is 0.00887. The molecule has 0 radical (unpaired) electrons. The number of rotatable bonds is 2. The van der Waals surface area contributed by atoms with Gasteiger partial charge in [0.25, 0.3) is 5.91 Å². The number of benzene rings is 1. The predicted molar refractivity (Wildman–Crippen MR) is 102 cm³/mol. The zero-order valence-corrected chi connectivity index (χ0v) is 16.9. The van der Waals surface area contributed by atoms with Crippen LogP contribution in [0, 0.1) is 18.3 Å². The van der Waals surface area contributed by atoms with Gasteiger partial charge >= 0.3 is 0 Å². The molecule has 1 amide bonds. The Labute approximate surface area is 168 Å². The van der Waals surface area contributed by atoms with E-state index in [1.807, 2.05) is 26.0 Å². The number of carbonyl (C=O) groups excluding carboxylic acids is 1. The molecule has 2 aliphatic rings. The van der Waals surface area contributed by atoms with Gasteiger partial charge in [-0.25, -0.2) is 8.42 Å². The smallest absolute Gasteiger partial charge is 0.256 e. The number of carbonyl (C=O) groups is 1. The van der Waals surface area contributed by atoms with Crippen LogP contribution in [0.3, 0.4) is 0 Å². The maximum Gasteiger partial charge on any atom is 0.256 e. The van der Waals surface area contributed by atoms with Gasteiger partial charge < -0.3 is 4.90 Å². The third kappa shape index (κ3) is 2.62. The first-order valence-corrected chi connectivity index (χ1v) is 10.5. The molecular formula is C19H17ClN4O3S. The lowest BCUT2D eigenvalue weighted by molar-refractivity contribution is 0.0376. The van der Waals surface area contributed by atoms with Crippen molar-refractivity contribution in [1.29, 1.82) is 5.26 Å². The number of aryl methyl sites for hydroxylation is 1. The second-order valence-electron chi connectivity index (χ2n) is 7.20. The summed E-state index contributed by atoms with van der Waals surface area (Å²) in [7, 11) is -3.89. The summed E-state index contributed by atoms with van der Waals surface area (Å²) in [6, 6.07) is 7.91. The average Bonchev–Trinajstić information content (AvgIpc) is 2.87. The van der Waals surface area contributed by atoms with E-state index >= 15 is 0 Å². The van der Waals surface area contributed by atoms with Gasteiger partial charge in [-0.2, -0.15) is 9.57 Å². The van der Waals surface area contributed by atoms with E-state index in [9.17, 15) is 13.2 Å². The Morgan fingerprint density at radius 1 is 1.29 bits per heavy atom. The number of aromatic nitrogens is 1. The van der Waals surface area contributed by atoms with Crippen LogP contribution in [0.5, 0.6) is 0 Å². The van der Waals surface area contributed by atoms with Crippen molar-refractivity contribution in [2.75, 3.05) is 19.6 Å². The van der Waals surface area contributed by atoms with Gasteiger partial charge in [0.15, 0.2) is 0 Å². The molecule has 0 bridgehead atoms. The maximum atomic E-state index is 13.2. The molecule has 4 rings (SSSR count). The fourth-order valence-corrected chi connectivity index (χ4v) is 6.01. The summed E-state index contributed by atoms with van der Waals surface area (Å²) in [5, 5.41) is 8.98. The lowest BCUT2D eigenvalue weighted by Crippen LogP contribution is -2.58. The van der Waals surface area contributed by atoms with E-state index in [4.69, 9.17) is 16.9 Å². The van der Waals surface area contributed by atoms with Crippen molar-refractivity contribution in [2.24, 2.45) is 0 Å². The predicted octanol–water partition coefficient (Wildman–Crippen LogP) is 2.29. The van der Waals surface area contributed by atoms with Crippen LogP contribution >= 0.6 is 11.6 Å². The monoisotopic (exact) mass is 416 g/mol. The number of hydrogen-bond acceptors (Lipinski definition) is 5. The third-order valence-electron chi connectivity index (χ3n) is 5.43. The molecule has 1 aromatic carbocycles. The average molecular weight is 417 g/mol. The third-order valence-corrected chi connectivity index (χ3v) is 7.76. The minimum atomic E-state index is -3.89. The van der Waals surface area contributed by atoms with Crippen molar-refractivity contribution in [3.05, 3.63) is 57.9 Å². The molecule has 2 aliphatic heterocycles. The molecule has 7 nitrogen and oxygen atoms in total. The van der Waals surface area contributed by atoms with E-state index in [1.165, 1.54) is 22.5 Å². The number of fused-ring (bicyclic) bond motifs is 3. The van der Waals surface area contributed by atoms with Crippen LogP contribution in [0.2, 0.25) is 5.02 Å². The Morgan fingerprint density at radius 3 is 2.71 bits per heavy atom. The van der Waals surface area contributed by atoms with Gasteiger partial charge in [0.05, 0.1) is 27.8 Å². The van der Waals surface area contributed by atoms with Crippen LogP contribution < -0.4 is 0 Å². The molecule has 0 aliphatic carbocycles. The second kappa shape index (κ2) is 6.27. The summed E-state index contributed by atoms with van der Waals surface area (Å²) in [4.78, 5) is 18.6. The van der Waals surface area contributed by atoms with E-state index in [-0.39, 0.29) is 35.5 Å². The normalized spacial score (nSPS) is 21.9. The summed E-state index contributed by atoms with van der Waals surface area (Å²) >= 11 is 6.15. The molecule has 28 heavy (non-hydrogen) atoms. The Balaban J connectivity index is 1.75. The van der Waals surface area contributed by atoms with Crippen LogP contribution in [-0.2, 0) is 15.6 Å². The van der Waals surface area contributed by atoms with Crippen LogP contribution in [0.1, 0.15) is 34.1 Å². The van der Waals surface area contributed by atoms with Gasteiger partial charge in [-0.05, 0) is 43.7 Å². The van der Waals surface area contributed by atoms with Crippen LogP contribution in [0.15, 0.2) is 35.4 Å². The molecule has 1 atom stereocenters. The van der Waals surface area contributed by atoms with Gasteiger partial charge in [-0.1, -0.05) is 11.6 Å². The van der Waals surface area contributed by atoms with E-state index in [1.54, 1.807) is 11.1 Å². The van der Waals surface area contributed by atoms with Gasteiger partial charge in [0.1, 0.15) is 4.90 Å². The van der Waals surface area contributed by atoms with Gasteiger partial charge in [-0.15, -0.1) is 0 Å². The van der Waals surface area contributed by atoms with Crippen LogP contribution in [0.25, 0.3) is 0 Å². The zero-order chi connectivity index (χ0) is 20.3. The van der Waals surface area contributed by atoms with Crippen molar-refractivity contribution < 1.29 is 13.2 Å². The minimum Gasteiger partial charge on any atom is -0.326 e. The number of hydrogen-bond donors (Lipinski definition) is 0. The molecule has 1 fully saturated rings. The summed E-state index contributed by atoms with van der Waals surface area (Å²) < 4.78 is 27.8.